The van der Waals surface area contributed by atoms with Gasteiger partial charge in [0.15, 0.2) is 5.76 Å². The van der Waals surface area contributed by atoms with Crippen LogP contribution in [0.2, 0.25) is 0 Å². The first kappa shape index (κ1) is 11.9. The van der Waals surface area contributed by atoms with Gasteiger partial charge >= 0.3 is 0 Å². The second kappa shape index (κ2) is 4.82. The van der Waals surface area contributed by atoms with Crippen molar-refractivity contribution in [2.45, 2.75) is 26.1 Å². The number of fused-ring (bicyclic) bond motifs is 1. The molecule has 19 heavy (non-hydrogen) atoms. The van der Waals surface area contributed by atoms with Crippen LogP contribution >= 0.6 is 0 Å². The quantitative estimate of drug-likeness (QED) is 0.848. The van der Waals surface area contributed by atoms with Crippen molar-refractivity contribution in [3.63, 3.8) is 0 Å². The van der Waals surface area contributed by atoms with E-state index in [9.17, 15) is 4.39 Å². The van der Waals surface area contributed by atoms with E-state index >= 15 is 0 Å². The Morgan fingerprint density at radius 2 is 2.21 bits per heavy atom. The number of aryl methyl sites for hydroxylation is 2. The summed E-state index contributed by atoms with van der Waals surface area (Å²) in [6.07, 6.45) is 1.06. The number of hydrogen-bond acceptors (Lipinski definition) is 4. The van der Waals surface area contributed by atoms with Gasteiger partial charge in [-0.25, -0.2) is 4.39 Å². The predicted octanol–water partition coefficient (Wildman–Crippen LogP) is 2.50. The smallest absolute Gasteiger partial charge is 0.168 e. The van der Waals surface area contributed by atoms with E-state index in [0.29, 0.717) is 37.2 Å². The molecule has 1 aromatic carbocycles. The van der Waals surface area contributed by atoms with E-state index in [1.54, 1.807) is 6.07 Å². The molecular weight excluding hydrogens is 247 g/mol. The Labute approximate surface area is 109 Å². The molecule has 0 fully saturated rings. The Morgan fingerprint density at radius 1 is 1.32 bits per heavy atom. The summed E-state index contributed by atoms with van der Waals surface area (Å²) in [7, 11) is 0. The highest BCUT2D eigenvalue weighted by atomic mass is 19.1. The van der Waals surface area contributed by atoms with E-state index in [-0.39, 0.29) is 5.82 Å². The molecule has 0 atom stereocenters. The number of ether oxygens (including phenoxy) is 1. The highest BCUT2D eigenvalue weighted by Gasteiger charge is 2.21. The lowest BCUT2D eigenvalue weighted by atomic mass is 10.0. The Morgan fingerprint density at radius 3 is 3.05 bits per heavy atom. The molecule has 2 heterocycles. The summed E-state index contributed by atoms with van der Waals surface area (Å²) in [5.41, 5.74) is 2.78. The fourth-order valence-corrected chi connectivity index (χ4v) is 2.19. The van der Waals surface area contributed by atoms with Crippen molar-refractivity contribution in [1.29, 1.82) is 5.26 Å². The molecule has 2 aromatic rings. The molecule has 1 aliphatic heterocycles. The zero-order valence-electron chi connectivity index (χ0n) is 10.1. The van der Waals surface area contributed by atoms with Crippen molar-refractivity contribution in [2.24, 2.45) is 0 Å². The lowest BCUT2D eigenvalue weighted by Crippen LogP contribution is -1.98. The zero-order chi connectivity index (χ0) is 13.2. The number of benzene rings is 1. The maximum absolute atomic E-state index is 13.6. The number of nitrogens with zero attached hydrogens (tertiary/aromatic N) is 2. The molecule has 3 rings (SSSR count). The molecule has 5 heteroatoms. The number of halogens is 1. The summed E-state index contributed by atoms with van der Waals surface area (Å²) in [5.74, 6) is 0.469. The number of nitriles is 1. The fraction of sp³-hybridized carbons (Fsp3) is 0.286. The molecule has 96 valence electrons. The average molecular weight is 258 g/mol. The predicted molar refractivity (Wildman–Crippen MR) is 63.5 cm³/mol. The standard InChI is InChI=1S/C14H11FN2O2/c15-12-3-1-9(6-16)5-10(12)2-4-13-11-7-18-8-14(11)19-17-13/h1,3,5H,2,4,7-8H2. The van der Waals surface area contributed by atoms with Crippen molar-refractivity contribution in [1.82, 2.24) is 5.16 Å². The average Bonchev–Trinajstić information content (AvgIpc) is 3.01. The Hall–Kier alpha value is -2.19. The number of aromatic nitrogens is 1. The van der Waals surface area contributed by atoms with Gasteiger partial charge in [0.25, 0.3) is 0 Å². The van der Waals surface area contributed by atoms with Gasteiger partial charge in [-0.05, 0) is 36.6 Å². The van der Waals surface area contributed by atoms with Gasteiger partial charge in [0, 0.05) is 5.56 Å². The third-order valence-corrected chi connectivity index (χ3v) is 3.24. The fourth-order valence-electron chi connectivity index (χ4n) is 2.19. The van der Waals surface area contributed by atoms with Gasteiger partial charge in [0.1, 0.15) is 12.4 Å². The second-order valence-electron chi connectivity index (χ2n) is 4.44. The van der Waals surface area contributed by atoms with E-state index < -0.39 is 0 Å². The molecule has 0 spiro atoms. The van der Waals surface area contributed by atoms with Crippen molar-refractivity contribution >= 4 is 0 Å². The molecule has 0 unspecified atom stereocenters. The number of hydrogen-bond donors (Lipinski definition) is 0. The maximum Gasteiger partial charge on any atom is 0.168 e. The molecule has 0 saturated heterocycles. The summed E-state index contributed by atoms with van der Waals surface area (Å²) in [6, 6.07) is 6.38. The van der Waals surface area contributed by atoms with E-state index in [1.165, 1.54) is 12.1 Å². The third kappa shape index (κ3) is 2.23. The number of rotatable bonds is 3. The van der Waals surface area contributed by atoms with Crippen LogP contribution in [-0.4, -0.2) is 5.16 Å². The van der Waals surface area contributed by atoms with E-state index in [1.807, 2.05) is 6.07 Å². The molecule has 0 N–H and O–H groups in total. The van der Waals surface area contributed by atoms with Gasteiger partial charge in [-0.1, -0.05) is 5.16 Å². The Kier molecular flexibility index (Phi) is 3.02. The summed E-state index contributed by atoms with van der Waals surface area (Å²) in [5, 5.41) is 12.8. The summed E-state index contributed by atoms with van der Waals surface area (Å²) in [6.45, 7) is 0.968. The van der Waals surface area contributed by atoms with Crippen molar-refractivity contribution < 1.29 is 13.7 Å². The van der Waals surface area contributed by atoms with Crippen LogP contribution in [0.3, 0.4) is 0 Å². The van der Waals surface area contributed by atoms with E-state index in [2.05, 4.69) is 5.16 Å². The topological polar surface area (TPSA) is 59.0 Å². The molecule has 4 nitrogen and oxygen atoms in total. The van der Waals surface area contributed by atoms with Gasteiger partial charge in [0.2, 0.25) is 0 Å². The van der Waals surface area contributed by atoms with Crippen LogP contribution in [-0.2, 0) is 30.8 Å². The SMILES string of the molecule is N#Cc1ccc(F)c(CCc2noc3c2COC3)c1. The van der Waals surface area contributed by atoms with Crippen molar-refractivity contribution in [3.05, 3.63) is 52.2 Å². The van der Waals surface area contributed by atoms with Gasteiger partial charge in [-0.2, -0.15) is 5.26 Å². The summed E-state index contributed by atoms with van der Waals surface area (Å²) >= 11 is 0. The third-order valence-electron chi connectivity index (χ3n) is 3.24. The lowest BCUT2D eigenvalue weighted by molar-refractivity contribution is 0.117. The summed E-state index contributed by atoms with van der Waals surface area (Å²) in [4.78, 5) is 0. The van der Waals surface area contributed by atoms with E-state index in [0.717, 1.165) is 17.0 Å². The molecule has 0 saturated carbocycles. The van der Waals surface area contributed by atoms with Crippen LogP contribution in [0.4, 0.5) is 4.39 Å². The minimum Gasteiger partial charge on any atom is -0.368 e. The van der Waals surface area contributed by atoms with Crippen LogP contribution in [0.1, 0.15) is 28.1 Å². The minimum absolute atomic E-state index is 0.296. The largest absolute Gasteiger partial charge is 0.368 e. The van der Waals surface area contributed by atoms with Crippen LogP contribution in [0, 0.1) is 17.1 Å². The summed E-state index contributed by atoms with van der Waals surface area (Å²) < 4.78 is 24.0. The monoisotopic (exact) mass is 258 g/mol. The highest BCUT2D eigenvalue weighted by molar-refractivity contribution is 5.34. The van der Waals surface area contributed by atoms with Crippen LogP contribution in [0.5, 0.6) is 0 Å². The van der Waals surface area contributed by atoms with Gasteiger partial charge < -0.3 is 9.26 Å². The van der Waals surface area contributed by atoms with Gasteiger partial charge in [-0.15, -0.1) is 0 Å². The van der Waals surface area contributed by atoms with Crippen LogP contribution in [0.15, 0.2) is 22.7 Å². The first-order valence-electron chi connectivity index (χ1n) is 6.00. The van der Waals surface area contributed by atoms with E-state index in [4.69, 9.17) is 14.5 Å². The van der Waals surface area contributed by atoms with Crippen molar-refractivity contribution in [2.75, 3.05) is 0 Å². The molecule has 0 radical (unpaired) electrons. The minimum atomic E-state index is -0.296. The van der Waals surface area contributed by atoms with Gasteiger partial charge in [-0.3, -0.25) is 0 Å². The molecule has 1 aromatic heterocycles. The Balaban J connectivity index is 1.77. The lowest BCUT2D eigenvalue weighted by Gasteiger charge is -2.03. The first-order chi connectivity index (χ1) is 9.28. The van der Waals surface area contributed by atoms with Gasteiger partial charge in [0.05, 0.1) is 23.9 Å². The van der Waals surface area contributed by atoms with Crippen molar-refractivity contribution in [3.8, 4) is 6.07 Å². The maximum atomic E-state index is 13.6. The first-order valence-corrected chi connectivity index (χ1v) is 6.00. The molecule has 1 aliphatic rings. The Bertz CT molecular complexity index is 658. The molecule has 0 bridgehead atoms. The second-order valence-corrected chi connectivity index (χ2v) is 4.44. The van der Waals surface area contributed by atoms with Crippen LogP contribution < -0.4 is 0 Å². The molecule has 0 amide bonds. The normalized spacial score (nSPS) is 13.3. The molecular formula is C14H11FN2O2. The molecule has 0 aliphatic carbocycles. The zero-order valence-corrected chi connectivity index (χ0v) is 10.1. The highest BCUT2D eigenvalue weighted by Crippen LogP contribution is 2.24. The van der Waals surface area contributed by atoms with Crippen LogP contribution in [0.25, 0.3) is 0 Å².